The molecular weight excluding hydrogens is 397 g/mol. The Hall–Kier alpha value is -2.67. The van der Waals surface area contributed by atoms with Crippen LogP contribution in [0.25, 0.3) is 6.08 Å². The van der Waals surface area contributed by atoms with Crippen LogP contribution >= 0.6 is 11.6 Å². The van der Waals surface area contributed by atoms with Gasteiger partial charge >= 0.3 is 12.1 Å². The normalized spacial score (nSPS) is 16.2. The number of alkyl halides is 3. The lowest BCUT2D eigenvalue weighted by atomic mass is 10.0. The SMILES string of the molecule is CC(C)c1ccc(Oc2cc3c(cc2Cl)C=C(C(=O)O)C(C(F)(F)F)O3)cc1. The van der Waals surface area contributed by atoms with Crippen LogP contribution in [0, 0.1) is 0 Å². The smallest absolute Gasteiger partial charge is 0.430 e. The van der Waals surface area contributed by atoms with E-state index in [1.54, 1.807) is 12.1 Å². The Labute approximate surface area is 164 Å². The van der Waals surface area contributed by atoms with Crippen molar-refractivity contribution in [3.05, 3.63) is 58.1 Å². The van der Waals surface area contributed by atoms with Gasteiger partial charge in [0.05, 0.1) is 10.6 Å². The Morgan fingerprint density at radius 3 is 2.39 bits per heavy atom. The van der Waals surface area contributed by atoms with Crippen molar-refractivity contribution in [2.24, 2.45) is 0 Å². The van der Waals surface area contributed by atoms with Gasteiger partial charge in [-0.15, -0.1) is 0 Å². The number of ether oxygens (including phenoxy) is 2. The second kappa shape index (κ2) is 7.39. The van der Waals surface area contributed by atoms with E-state index < -0.39 is 23.8 Å². The first-order valence-electron chi connectivity index (χ1n) is 8.36. The number of hydrogen-bond donors (Lipinski definition) is 1. The largest absolute Gasteiger partial charge is 0.478 e. The average molecular weight is 413 g/mol. The fourth-order valence-electron chi connectivity index (χ4n) is 2.74. The summed E-state index contributed by atoms with van der Waals surface area (Å²) in [6.07, 6.45) is -6.54. The molecule has 1 heterocycles. The highest BCUT2D eigenvalue weighted by Crippen LogP contribution is 2.42. The van der Waals surface area contributed by atoms with E-state index in [1.165, 1.54) is 12.1 Å². The lowest BCUT2D eigenvalue weighted by Crippen LogP contribution is -2.40. The van der Waals surface area contributed by atoms with Gasteiger partial charge in [0.15, 0.2) is 0 Å². The Bertz CT molecular complexity index is 934. The van der Waals surface area contributed by atoms with Crippen LogP contribution in [0.4, 0.5) is 13.2 Å². The molecule has 28 heavy (non-hydrogen) atoms. The van der Waals surface area contributed by atoms with Crippen LogP contribution in [0.2, 0.25) is 5.02 Å². The Morgan fingerprint density at radius 2 is 1.86 bits per heavy atom. The first-order valence-corrected chi connectivity index (χ1v) is 8.73. The van der Waals surface area contributed by atoms with Crippen molar-refractivity contribution in [1.82, 2.24) is 0 Å². The van der Waals surface area contributed by atoms with Crippen molar-refractivity contribution in [2.45, 2.75) is 32.0 Å². The van der Waals surface area contributed by atoms with Crippen molar-refractivity contribution in [1.29, 1.82) is 0 Å². The Balaban J connectivity index is 1.95. The van der Waals surface area contributed by atoms with E-state index in [1.807, 2.05) is 26.0 Å². The van der Waals surface area contributed by atoms with Crippen LogP contribution < -0.4 is 9.47 Å². The van der Waals surface area contributed by atoms with Crippen LogP contribution in [0.3, 0.4) is 0 Å². The maximum absolute atomic E-state index is 13.2. The summed E-state index contributed by atoms with van der Waals surface area (Å²) in [6, 6.07) is 9.75. The number of carbonyl (C=O) groups is 1. The fraction of sp³-hybridized carbons (Fsp3) is 0.250. The van der Waals surface area contributed by atoms with Gasteiger partial charge in [0.2, 0.25) is 6.10 Å². The van der Waals surface area contributed by atoms with Gasteiger partial charge in [0.1, 0.15) is 17.2 Å². The summed E-state index contributed by atoms with van der Waals surface area (Å²) in [7, 11) is 0. The molecule has 0 amide bonds. The van der Waals surface area contributed by atoms with E-state index in [4.69, 9.17) is 26.2 Å². The summed E-state index contributed by atoms with van der Waals surface area (Å²) >= 11 is 6.17. The predicted octanol–water partition coefficient (Wildman–Crippen LogP) is 6.05. The van der Waals surface area contributed by atoms with Gasteiger partial charge in [0.25, 0.3) is 0 Å². The highest BCUT2D eigenvalue weighted by Gasteiger charge is 2.48. The number of benzene rings is 2. The second-order valence-corrected chi connectivity index (χ2v) is 7.00. The molecule has 0 fully saturated rings. The molecule has 3 rings (SSSR count). The number of carboxylic acids is 1. The molecule has 0 bridgehead atoms. The molecule has 1 unspecified atom stereocenters. The third-order valence-electron chi connectivity index (χ3n) is 4.22. The summed E-state index contributed by atoms with van der Waals surface area (Å²) in [6.45, 7) is 4.09. The summed E-state index contributed by atoms with van der Waals surface area (Å²) in [5, 5.41) is 9.18. The third kappa shape index (κ3) is 4.09. The number of halogens is 4. The second-order valence-electron chi connectivity index (χ2n) is 6.59. The van der Waals surface area contributed by atoms with Gasteiger partial charge in [-0.25, -0.2) is 4.79 Å². The molecule has 4 nitrogen and oxygen atoms in total. The Morgan fingerprint density at radius 1 is 1.21 bits per heavy atom. The highest BCUT2D eigenvalue weighted by molar-refractivity contribution is 6.32. The number of fused-ring (bicyclic) bond motifs is 1. The minimum absolute atomic E-state index is 0.103. The van der Waals surface area contributed by atoms with Gasteiger partial charge in [0, 0.05) is 11.6 Å². The zero-order valence-corrected chi connectivity index (χ0v) is 15.6. The molecule has 1 aliphatic rings. The summed E-state index contributed by atoms with van der Waals surface area (Å²) in [4.78, 5) is 11.2. The average Bonchev–Trinajstić information content (AvgIpc) is 2.61. The van der Waals surface area contributed by atoms with E-state index in [0.717, 1.165) is 11.6 Å². The molecule has 0 saturated carbocycles. The van der Waals surface area contributed by atoms with Crippen molar-refractivity contribution in [3.8, 4) is 17.2 Å². The van der Waals surface area contributed by atoms with Crippen molar-refractivity contribution >= 4 is 23.6 Å². The van der Waals surface area contributed by atoms with E-state index in [2.05, 4.69) is 0 Å². The predicted molar refractivity (Wildman–Crippen MR) is 98.1 cm³/mol. The molecule has 0 saturated heterocycles. The van der Waals surface area contributed by atoms with Crippen LogP contribution in [0.1, 0.15) is 30.9 Å². The topological polar surface area (TPSA) is 55.8 Å². The zero-order chi connectivity index (χ0) is 20.6. The standard InChI is InChI=1S/C20H16ClF3O4/c1-10(2)11-3-5-13(6-4-11)27-17-9-16-12(8-15(17)21)7-14(19(25)26)18(28-16)20(22,23)24/h3-10,18H,1-2H3,(H,25,26). The molecule has 1 N–H and O–H groups in total. The summed E-state index contributed by atoms with van der Waals surface area (Å²) < 4.78 is 50.2. The number of aliphatic carboxylic acids is 1. The zero-order valence-electron chi connectivity index (χ0n) is 14.9. The molecular formula is C20H16ClF3O4. The minimum Gasteiger partial charge on any atom is -0.478 e. The number of rotatable bonds is 4. The maximum atomic E-state index is 13.2. The molecule has 0 spiro atoms. The van der Waals surface area contributed by atoms with Crippen LogP contribution in [-0.4, -0.2) is 23.4 Å². The van der Waals surface area contributed by atoms with E-state index in [-0.39, 0.29) is 22.1 Å². The van der Waals surface area contributed by atoms with E-state index >= 15 is 0 Å². The maximum Gasteiger partial charge on any atom is 0.430 e. The highest BCUT2D eigenvalue weighted by atomic mass is 35.5. The van der Waals surface area contributed by atoms with Crippen molar-refractivity contribution in [2.75, 3.05) is 0 Å². The molecule has 0 aromatic heterocycles. The monoisotopic (exact) mass is 412 g/mol. The van der Waals surface area contributed by atoms with Crippen molar-refractivity contribution in [3.63, 3.8) is 0 Å². The first-order chi connectivity index (χ1) is 13.1. The molecule has 0 aliphatic carbocycles. The molecule has 148 valence electrons. The van der Waals surface area contributed by atoms with E-state index in [0.29, 0.717) is 11.7 Å². The molecule has 8 heteroatoms. The first kappa shape index (κ1) is 20.1. The molecule has 1 aliphatic heterocycles. The minimum atomic E-state index is -4.88. The Kier molecular flexibility index (Phi) is 5.30. The molecule has 2 aromatic carbocycles. The molecule has 0 radical (unpaired) electrons. The van der Waals surface area contributed by atoms with Crippen LogP contribution in [0.5, 0.6) is 17.2 Å². The van der Waals surface area contributed by atoms with Gasteiger partial charge in [-0.1, -0.05) is 37.6 Å². The third-order valence-corrected chi connectivity index (χ3v) is 4.52. The quantitative estimate of drug-likeness (QED) is 0.664. The van der Waals surface area contributed by atoms with Gasteiger partial charge in [-0.3, -0.25) is 0 Å². The number of carboxylic acid groups (broad SMARTS) is 1. The summed E-state index contributed by atoms with van der Waals surface area (Å²) in [5.74, 6) is -0.980. The lowest BCUT2D eigenvalue weighted by molar-refractivity contribution is -0.187. The van der Waals surface area contributed by atoms with Crippen molar-refractivity contribution < 1.29 is 32.5 Å². The van der Waals surface area contributed by atoms with Gasteiger partial charge < -0.3 is 14.6 Å². The van der Waals surface area contributed by atoms with Gasteiger partial charge in [-0.2, -0.15) is 13.2 Å². The number of hydrogen-bond acceptors (Lipinski definition) is 3. The van der Waals surface area contributed by atoms with Crippen LogP contribution in [-0.2, 0) is 4.79 Å². The fourth-order valence-corrected chi connectivity index (χ4v) is 2.95. The molecule has 1 atom stereocenters. The van der Waals surface area contributed by atoms with Gasteiger partial charge in [-0.05, 0) is 35.8 Å². The van der Waals surface area contributed by atoms with E-state index in [9.17, 15) is 18.0 Å². The summed E-state index contributed by atoms with van der Waals surface area (Å²) in [5.41, 5.74) is 0.325. The van der Waals surface area contributed by atoms with Crippen LogP contribution in [0.15, 0.2) is 42.0 Å². The molecule has 2 aromatic rings. The lowest BCUT2D eigenvalue weighted by Gasteiger charge is -2.27.